The van der Waals surface area contributed by atoms with Crippen LogP contribution >= 0.6 is 0 Å². The SMILES string of the molecule is CCc1ccc(OC)c(NC(=O)C2(N)CC2)c1. The lowest BCUT2D eigenvalue weighted by Crippen LogP contribution is -2.37. The molecule has 1 amide bonds. The number of benzene rings is 1. The Kier molecular flexibility index (Phi) is 3.07. The van der Waals surface area contributed by atoms with Crippen molar-refractivity contribution in [3.05, 3.63) is 23.8 Å². The maximum Gasteiger partial charge on any atom is 0.244 e. The van der Waals surface area contributed by atoms with Crippen LogP contribution in [0.3, 0.4) is 0 Å². The van der Waals surface area contributed by atoms with Gasteiger partial charge in [0.1, 0.15) is 5.75 Å². The molecule has 1 fully saturated rings. The first kappa shape index (κ1) is 11.9. The van der Waals surface area contributed by atoms with Crippen molar-refractivity contribution < 1.29 is 9.53 Å². The van der Waals surface area contributed by atoms with Gasteiger partial charge < -0.3 is 15.8 Å². The molecule has 0 unspecified atom stereocenters. The molecule has 1 aromatic rings. The van der Waals surface area contributed by atoms with Crippen LogP contribution in [0.2, 0.25) is 0 Å². The second kappa shape index (κ2) is 4.37. The summed E-state index contributed by atoms with van der Waals surface area (Å²) in [5.41, 5.74) is 7.05. The molecular weight excluding hydrogens is 216 g/mol. The number of amides is 1. The lowest BCUT2D eigenvalue weighted by atomic mass is 10.1. The number of aryl methyl sites for hydroxylation is 1. The molecule has 1 aliphatic rings. The summed E-state index contributed by atoms with van der Waals surface area (Å²) < 4.78 is 5.22. The zero-order chi connectivity index (χ0) is 12.5. The maximum atomic E-state index is 11.9. The number of rotatable bonds is 4. The van der Waals surface area contributed by atoms with Crippen molar-refractivity contribution in [3.63, 3.8) is 0 Å². The van der Waals surface area contributed by atoms with E-state index in [2.05, 4.69) is 12.2 Å². The lowest BCUT2D eigenvalue weighted by molar-refractivity contribution is -0.118. The van der Waals surface area contributed by atoms with Crippen LogP contribution in [0, 0.1) is 0 Å². The summed E-state index contributed by atoms with van der Waals surface area (Å²) in [5, 5.41) is 2.85. The van der Waals surface area contributed by atoms with E-state index in [1.807, 2.05) is 18.2 Å². The van der Waals surface area contributed by atoms with Crippen molar-refractivity contribution in [2.75, 3.05) is 12.4 Å². The molecule has 0 radical (unpaired) electrons. The van der Waals surface area contributed by atoms with Crippen molar-refractivity contribution in [2.24, 2.45) is 5.73 Å². The van der Waals surface area contributed by atoms with Gasteiger partial charge in [-0.3, -0.25) is 4.79 Å². The van der Waals surface area contributed by atoms with E-state index >= 15 is 0 Å². The third-order valence-corrected chi connectivity index (χ3v) is 3.16. The minimum absolute atomic E-state index is 0.121. The molecule has 92 valence electrons. The van der Waals surface area contributed by atoms with Gasteiger partial charge >= 0.3 is 0 Å². The second-order valence-electron chi connectivity index (χ2n) is 4.50. The van der Waals surface area contributed by atoms with Crippen LogP contribution in [0.5, 0.6) is 5.75 Å². The summed E-state index contributed by atoms with van der Waals surface area (Å²) in [5.74, 6) is 0.545. The van der Waals surface area contributed by atoms with E-state index in [1.165, 1.54) is 0 Å². The Morgan fingerprint density at radius 3 is 2.76 bits per heavy atom. The normalized spacial score (nSPS) is 16.4. The topological polar surface area (TPSA) is 64.3 Å². The van der Waals surface area contributed by atoms with Crippen LogP contribution in [-0.4, -0.2) is 18.6 Å². The molecule has 0 saturated heterocycles. The van der Waals surface area contributed by atoms with Crippen molar-refractivity contribution in [1.82, 2.24) is 0 Å². The van der Waals surface area contributed by atoms with E-state index < -0.39 is 5.54 Å². The van der Waals surface area contributed by atoms with Gasteiger partial charge in [-0.25, -0.2) is 0 Å². The van der Waals surface area contributed by atoms with Crippen LogP contribution in [0.4, 0.5) is 5.69 Å². The van der Waals surface area contributed by atoms with E-state index in [0.29, 0.717) is 11.4 Å². The van der Waals surface area contributed by atoms with Crippen molar-refractivity contribution in [1.29, 1.82) is 0 Å². The van der Waals surface area contributed by atoms with Gasteiger partial charge in [0.05, 0.1) is 18.3 Å². The van der Waals surface area contributed by atoms with Gasteiger partial charge in [0.2, 0.25) is 5.91 Å². The predicted octanol–water partition coefficient (Wildman–Crippen LogP) is 1.69. The van der Waals surface area contributed by atoms with Crippen LogP contribution in [-0.2, 0) is 11.2 Å². The Bertz CT molecular complexity index is 439. The molecule has 4 nitrogen and oxygen atoms in total. The Morgan fingerprint density at radius 2 is 2.24 bits per heavy atom. The first-order valence-electron chi connectivity index (χ1n) is 5.86. The van der Waals surface area contributed by atoms with Gasteiger partial charge in [0, 0.05) is 0 Å². The van der Waals surface area contributed by atoms with Gasteiger partial charge in [-0.1, -0.05) is 13.0 Å². The second-order valence-corrected chi connectivity index (χ2v) is 4.50. The molecule has 0 bridgehead atoms. The van der Waals surface area contributed by atoms with Crippen LogP contribution in [0.1, 0.15) is 25.3 Å². The third-order valence-electron chi connectivity index (χ3n) is 3.16. The number of carbonyl (C=O) groups excluding carboxylic acids is 1. The fourth-order valence-corrected chi connectivity index (χ4v) is 1.68. The van der Waals surface area contributed by atoms with Crippen LogP contribution in [0.25, 0.3) is 0 Å². The Balaban J connectivity index is 2.20. The van der Waals surface area contributed by atoms with E-state index in [0.717, 1.165) is 24.8 Å². The zero-order valence-electron chi connectivity index (χ0n) is 10.2. The number of ether oxygens (including phenoxy) is 1. The average molecular weight is 234 g/mol. The Hall–Kier alpha value is -1.55. The summed E-state index contributed by atoms with van der Waals surface area (Å²) in [4.78, 5) is 11.9. The number of methoxy groups -OCH3 is 1. The first-order chi connectivity index (χ1) is 8.09. The highest BCUT2D eigenvalue weighted by atomic mass is 16.5. The van der Waals surface area contributed by atoms with E-state index in [4.69, 9.17) is 10.5 Å². The molecule has 0 heterocycles. The highest BCUT2D eigenvalue weighted by Gasteiger charge is 2.46. The van der Waals surface area contributed by atoms with E-state index in [-0.39, 0.29) is 5.91 Å². The smallest absolute Gasteiger partial charge is 0.244 e. The number of nitrogens with two attached hydrogens (primary N) is 1. The molecule has 1 aromatic carbocycles. The molecule has 4 heteroatoms. The fraction of sp³-hybridized carbons (Fsp3) is 0.462. The number of hydrogen-bond acceptors (Lipinski definition) is 3. The molecule has 2 rings (SSSR count). The van der Waals surface area contributed by atoms with Gasteiger partial charge in [0.25, 0.3) is 0 Å². The highest BCUT2D eigenvalue weighted by molar-refractivity contribution is 6.01. The van der Waals surface area contributed by atoms with Gasteiger partial charge in [0.15, 0.2) is 0 Å². The van der Waals surface area contributed by atoms with E-state index in [9.17, 15) is 4.79 Å². The quantitative estimate of drug-likeness (QED) is 0.833. The highest BCUT2D eigenvalue weighted by Crippen LogP contribution is 2.35. The Morgan fingerprint density at radius 1 is 1.53 bits per heavy atom. The molecule has 3 N–H and O–H groups in total. The van der Waals surface area contributed by atoms with Crippen molar-refractivity contribution in [3.8, 4) is 5.75 Å². The molecule has 1 saturated carbocycles. The van der Waals surface area contributed by atoms with E-state index in [1.54, 1.807) is 7.11 Å². The minimum atomic E-state index is -0.659. The largest absolute Gasteiger partial charge is 0.495 e. The standard InChI is InChI=1S/C13H18N2O2/c1-3-9-4-5-11(17-2)10(8-9)15-12(16)13(14)6-7-13/h4-5,8H,3,6-7,14H2,1-2H3,(H,15,16). The maximum absolute atomic E-state index is 11.9. The molecule has 17 heavy (non-hydrogen) atoms. The van der Waals surface area contributed by atoms with Crippen molar-refractivity contribution >= 4 is 11.6 Å². The summed E-state index contributed by atoms with van der Waals surface area (Å²) in [6.07, 6.45) is 2.43. The lowest BCUT2D eigenvalue weighted by Gasteiger charge is -2.14. The fourth-order valence-electron chi connectivity index (χ4n) is 1.68. The van der Waals surface area contributed by atoms with Gasteiger partial charge in [-0.2, -0.15) is 0 Å². The summed E-state index contributed by atoms with van der Waals surface area (Å²) in [6.45, 7) is 2.07. The summed E-state index contributed by atoms with van der Waals surface area (Å²) in [6, 6.07) is 5.79. The summed E-state index contributed by atoms with van der Waals surface area (Å²) >= 11 is 0. The van der Waals surface area contributed by atoms with Gasteiger partial charge in [-0.15, -0.1) is 0 Å². The molecule has 0 aliphatic heterocycles. The van der Waals surface area contributed by atoms with Crippen LogP contribution in [0.15, 0.2) is 18.2 Å². The van der Waals surface area contributed by atoms with Gasteiger partial charge in [-0.05, 0) is 37.0 Å². The minimum Gasteiger partial charge on any atom is -0.495 e. The molecule has 1 aliphatic carbocycles. The van der Waals surface area contributed by atoms with Crippen molar-refractivity contribution in [2.45, 2.75) is 31.7 Å². The Labute approximate surface area is 101 Å². The number of anilines is 1. The predicted molar refractivity (Wildman–Crippen MR) is 67.2 cm³/mol. The monoisotopic (exact) mass is 234 g/mol. The number of hydrogen-bond donors (Lipinski definition) is 2. The molecule has 0 atom stereocenters. The molecule has 0 spiro atoms. The first-order valence-corrected chi connectivity index (χ1v) is 5.86. The number of carbonyl (C=O) groups is 1. The number of nitrogens with one attached hydrogen (secondary N) is 1. The van der Waals surface area contributed by atoms with Crippen LogP contribution < -0.4 is 15.8 Å². The zero-order valence-corrected chi connectivity index (χ0v) is 10.2. The average Bonchev–Trinajstić information content (AvgIpc) is 3.08. The molecular formula is C13H18N2O2. The molecule has 0 aromatic heterocycles. The third kappa shape index (κ3) is 2.42. The summed E-state index contributed by atoms with van der Waals surface area (Å²) in [7, 11) is 1.59.